The molecular formula is C17H35F2N. The minimum absolute atomic E-state index is 0.308. The van der Waals surface area contributed by atoms with Crippen LogP contribution in [0.4, 0.5) is 8.78 Å². The third-order valence-corrected chi connectivity index (χ3v) is 2.97. The Kier molecular flexibility index (Phi) is 19.9. The van der Waals surface area contributed by atoms with Crippen LogP contribution in [0.1, 0.15) is 47.5 Å². The first-order valence-corrected chi connectivity index (χ1v) is 7.55. The van der Waals surface area contributed by atoms with E-state index in [0.717, 1.165) is 12.0 Å². The van der Waals surface area contributed by atoms with Crippen LogP contribution in [-0.4, -0.2) is 31.7 Å². The van der Waals surface area contributed by atoms with Gasteiger partial charge in [0.1, 0.15) is 12.0 Å². The van der Waals surface area contributed by atoms with Gasteiger partial charge in [0.25, 0.3) is 0 Å². The predicted octanol–water partition coefficient (Wildman–Crippen LogP) is 5.64. The van der Waals surface area contributed by atoms with E-state index in [1.807, 2.05) is 13.8 Å². The average Bonchev–Trinajstić information content (AvgIpc) is 2.45. The van der Waals surface area contributed by atoms with Crippen molar-refractivity contribution in [3.05, 3.63) is 25.1 Å². The summed E-state index contributed by atoms with van der Waals surface area (Å²) in [7, 11) is 3.51. The van der Waals surface area contributed by atoms with Crippen molar-refractivity contribution in [3.8, 4) is 0 Å². The molecule has 1 nitrogen and oxygen atoms in total. The summed E-state index contributed by atoms with van der Waals surface area (Å²) in [5, 5.41) is 0. The van der Waals surface area contributed by atoms with E-state index < -0.39 is 17.9 Å². The van der Waals surface area contributed by atoms with Crippen molar-refractivity contribution in [1.82, 2.24) is 4.90 Å². The maximum atomic E-state index is 13.0. The van der Waals surface area contributed by atoms with Crippen molar-refractivity contribution in [2.24, 2.45) is 11.8 Å². The first kappa shape index (κ1) is 24.3. The monoisotopic (exact) mass is 291 g/mol. The number of nitrogens with zero attached hydrogens (tertiary/aromatic N) is 1. The Balaban J connectivity index is -0.000000304. The molecule has 0 N–H and O–H groups in total. The summed E-state index contributed by atoms with van der Waals surface area (Å²) >= 11 is 0. The van der Waals surface area contributed by atoms with Gasteiger partial charge in [0.15, 0.2) is 0 Å². The van der Waals surface area contributed by atoms with Crippen molar-refractivity contribution in [3.63, 3.8) is 0 Å². The summed E-state index contributed by atoms with van der Waals surface area (Å²) in [6.07, 6.45) is 2.40. The zero-order chi connectivity index (χ0) is 16.7. The number of hydrogen-bond donors (Lipinski definition) is 0. The summed E-state index contributed by atoms with van der Waals surface area (Å²) in [6, 6.07) is 0. The lowest BCUT2D eigenvalue weighted by molar-refractivity contribution is 0.226. The molecule has 0 aromatic rings. The number of alkyl halides is 1. The Labute approximate surface area is 125 Å². The molecule has 0 spiro atoms. The van der Waals surface area contributed by atoms with Crippen LogP contribution in [0.2, 0.25) is 0 Å². The molecule has 3 heteroatoms. The van der Waals surface area contributed by atoms with E-state index in [1.165, 1.54) is 12.8 Å². The van der Waals surface area contributed by atoms with E-state index in [1.54, 1.807) is 19.0 Å². The lowest BCUT2D eigenvalue weighted by atomic mass is 10.0. The molecule has 0 aliphatic rings. The second-order valence-electron chi connectivity index (χ2n) is 4.92. The summed E-state index contributed by atoms with van der Waals surface area (Å²) < 4.78 is 25.6. The molecule has 122 valence electrons. The summed E-state index contributed by atoms with van der Waals surface area (Å²) in [4.78, 5) is 1.71. The molecule has 0 aliphatic heterocycles. The molecule has 20 heavy (non-hydrogen) atoms. The van der Waals surface area contributed by atoms with Gasteiger partial charge in [0, 0.05) is 6.54 Å². The molecule has 0 amide bonds. The Morgan fingerprint density at radius 2 is 1.60 bits per heavy atom. The molecule has 0 aliphatic carbocycles. The van der Waals surface area contributed by atoms with E-state index >= 15 is 0 Å². The fourth-order valence-electron chi connectivity index (χ4n) is 1.22. The largest absolute Gasteiger partial charge is 0.309 e. The highest BCUT2D eigenvalue weighted by molar-refractivity contribution is 5.00. The van der Waals surface area contributed by atoms with Crippen LogP contribution in [0, 0.1) is 11.8 Å². The van der Waals surface area contributed by atoms with Gasteiger partial charge < -0.3 is 4.90 Å². The fraction of sp³-hybridized carbons (Fsp3) is 0.765. The molecule has 0 saturated carbocycles. The number of halogens is 2. The van der Waals surface area contributed by atoms with Crippen molar-refractivity contribution in [2.75, 3.05) is 20.6 Å². The lowest BCUT2D eigenvalue weighted by Gasteiger charge is -2.20. The van der Waals surface area contributed by atoms with E-state index in [0.29, 0.717) is 6.54 Å². The highest BCUT2D eigenvalue weighted by Gasteiger charge is 2.22. The van der Waals surface area contributed by atoms with Gasteiger partial charge in [-0.1, -0.05) is 60.1 Å². The van der Waals surface area contributed by atoms with Gasteiger partial charge in [-0.05, 0) is 20.0 Å². The second kappa shape index (κ2) is 16.4. The number of allylic oxidation sites excluding steroid dienone is 1. The zero-order valence-corrected chi connectivity index (χ0v) is 14.5. The summed E-state index contributed by atoms with van der Waals surface area (Å²) in [6.45, 7) is 17.4. The van der Waals surface area contributed by atoms with E-state index in [9.17, 15) is 8.78 Å². The highest BCUT2D eigenvalue weighted by Crippen LogP contribution is 2.19. The summed E-state index contributed by atoms with van der Waals surface area (Å²) in [5.74, 6) is -0.487. The maximum absolute atomic E-state index is 13.0. The van der Waals surface area contributed by atoms with Crippen LogP contribution < -0.4 is 0 Å². The van der Waals surface area contributed by atoms with E-state index in [2.05, 4.69) is 33.9 Å². The normalized spacial score (nSPS) is 12.8. The molecule has 0 fully saturated rings. The Morgan fingerprint density at radius 1 is 1.20 bits per heavy atom. The van der Waals surface area contributed by atoms with Gasteiger partial charge in [0.05, 0.1) is 5.92 Å². The smallest absolute Gasteiger partial charge is 0.128 e. The predicted molar refractivity (Wildman–Crippen MR) is 88.5 cm³/mol. The minimum atomic E-state index is -1.36. The van der Waals surface area contributed by atoms with Crippen molar-refractivity contribution in [1.29, 1.82) is 0 Å². The zero-order valence-electron chi connectivity index (χ0n) is 14.5. The molecule has 0 rings (SSSR count). The highest BCUT2D eigenvalue weighted by atomic mass is 19.1. The lowest BCUT2D eigenvalue weighted by Crippen LogP contribution is -2.28. The first-order valence-electron chi connectivity index (χ1n) is 7.55. The average molecular weight is 291 g/mol. The van der Waals surface area contributed by atoms with Crippen molar-refractivity contribution in [2.45, 2.75) is 53.6 Å². The van der Waals surface area contributed by atoms with Crippen LogP contribution in [0.5, 0.6) is 0 Å². The summed E-state index contributed by atoms with van der Waals surface area (Å²) in [5.41, 5.74) is 0. The third kappa shape index (κ3) is 15.4. The number of hydrogen-bond acceptors (Lipinski definition) is 1. The van der Waals surface area contributed by atoms with Crippen LogP contribution >= 0.6 is 0 Å². The van der Waals surface area contributed by atoms with Crippen molar-refractivity contribution < 1.29 is 8.78 Å². The topological polar surface area (TPSA) is 3.24 Å². The molecule has 0 aromatic carbocycles. The number of rotatable bonds is 7. The van der Waals surface area contributed by atoms with Crippen LogP contribution in [0.3, 0.4) is 0 Å². The standard InChI is InChI=1S/C9H15F2N.C6H14.C2H6/c1-5-9(11)8(7(2)10)6-12(3)4;1-4-6(3)5-2;1-2/h5,8-9H,1-2,6H2,3-4H3;6H,4-5H2,1-3H3;1-2H3. The van der Waals surface area contributed by atoms with E-state index in [4.69, 9.17) is 0 Å². The molecule has 0 heterocycles. The van der Waals surface area contributed by atoms with Gasteiger partial charge in [-0.15, -0.1) is 6.58 Å². The van der Waals surface area contributed by atoms with Gasteiger partial charge in [-0.3, -0.25) is 0 Å². The third-order valence-electron chi connectivity index (χ3n) is 2.97. The molecule has 0 bridgehead atoms. The van der Waals surface area contributed by atoms with Crippen LogP contribution in [0.15, 0.2) is 25.1 Å². The molecule has 2 atom stereocenters. The molecular weight excluding hydrogens is 256 g/mol. The van der Waals surface area contributed by atoms with Crippen LogP contribution in [0.25, 0.3) is 0 Å². The maximum Gasteiger partial charge on any atom is 0.128 e. The van der Waals surface area contributed by atoms with Gasteiger partial charge in [-0.2, -0.15) is 0 Å². The first-order chi connectivity index (χ1) is 9.29. The Morgan fingerprint density at radius 3 is 1.75 bits per heavy atom. The quantitative estimate of drug-likeness (QED) is 0.549. The van der Waals surface area contributed by atoms with Gasteiger partial charge in [-0.25, -0.2) is 8.78 Å². The van der Waals surface area contributed by atoms with Crippen LogP contribution in [-0.2, 0) is 0 Å². The molecule has 0 radical (unpaired) electrons. The Hall–Kier alpha value is -0.700. The molecule has 0 saturated heterocycles. The van der Waals surface area contributed by atoms with Gasteiger partial charge in [0.2, 0.25) is 0 Å². The Bertz CT molecular complexity index is 223. The van der Waals surface area contributed by atoms with Crippen molar-refractivity contribution >= 4 is 0 Å². The fourth-order valence-corrected chi connectivity index (χ4v) is 1.22. The van der Waals surface area contributed by atoms with E-state index in [-0.39, 0.29) is 0 Å². The molecule has 0 aromatic heterocycles. The minimum Gasteiger partial charge on any atom is -0.309 e. The second-order valence-corrected chi connectivity index (χ2v) is 4.92. The SMILES string of the molecule is C=CC(F)C(CN(C)C)C(=C)F.CC.CCC(C)CC. The van der Waals surface area contributed by atoms with Gasteiger partial charge >= 0.3 is 0 Å². The molecule has 2 unspecified atom stereocenters.